The predicted molar refractivity (Wildman–Crippen MR) is 44.7 cm³/mol. The van der Waals surface area contributed by atoms with Gasteiger partial charge in [-0.3, -0.25) is 0 Å². The SMILES string of the molecule is [O][SiH2]C=Cc1ccccc1. The average Bonchev–Trinajstić information content (AvgIpc) is 2.03. The summed E-state index contributed by atoms with van der Waals surface area (Å²) < 4.78 is 0. The third kappa shape index (κ3) is 2.17. The van der Waals surface area contributed by atoms with Crippen molar-refractivity contribution < 1.29 is 4.80 Å². The number of benzene rings is 1. The fourth-order valence-corrected chi connectivity index (χ4v) is 1.12. The first kappa shape index (κ1) is 7.25. The zero-order chi connectivity index (χ0) is 7.23. The zero-order valence-corrected chi connectivity index (χ0v) is 7.07. The molecule has 0 aromatic heterocycles. The molecule has 1 aromatic carbocycles. The molecule has 0 aliphatic heterocycles. The molecule has 1 aromatic rings. The van der Waals surface area contributed by atoms with Crippen molar-refractivity contribution in [3.63, 3.8) is 0 Å². The van der Waals surface area contributed by atoms with Crippen LogP contribution in [0.15, 0.2) is 36.0 Å². The fourth-order valence-electron chi connectivity index (χ4n) is 0.748. The second-order valence-electron chi connectivity index (χ2n) is 1.98. The molecule has 0 amide bonds. The third-order valence-corrected chi connectivity index (χ3v) is 1.63. The maximum absolute atomic E-state index is 10.2. The first-order valence-corrected chi connectivity index (χ1v) is 4.62. The summed E-state index contributed by atoms with van der Waals surface area (Å²) in [5, 5.41) is 0. The van der Waals surface area contributed by atoms with Crippen LogP contribution in [0.2, 0.25) is 0 Å². The van der Waals surface area contributed by atoms with Crippen LogP contribution in [0, 0.1) is 0 Å². The number of rotatable bonds is 2. The minimum absolute atomic E-state index is 1.12. The van der Waals surface area contributed by atoms with Crippen molar-refractivity contribution in [2.75, 3.05) is 0 Å². The van der Waals surface area contributed by atoms with Gasteiger partial charge in [0.05, 0.1) is 0 Å². The molecule has 0 spiro atoms. The maximum Gasteiger partial charge on any atom is 0.230 e. The Bertz CT molecular complexity index is 206. The van der Waals surface area contributed by atoms with E-state index in [0.29, 0.717) is 0 Å². The van der Waals surface area contributed by atoms with Gasteiger partial charge >= 0.3 is 0 Å². The molecule has 51 valence electrons. The van der Waals surface area contributed by atoms with E-state index >= 15 is 0 Å². The third-order valence-electron chi connectivity index (χ3n) is 1.21. The molecule has 0 saturated carbocycles. The van der Waals surface area contributed by atoms with Gasteiger partial charge in [-0.1, -0.05) is 42.1 Å². The van der Waals surface area contributed by atoms with Crippen LogP contribution in [-0.2, 0) is 4.80 Å². The first-order valence-electron chi connectivity index (χ1n) is 3.23. The Labute approximate surface area is 63.0 Å². The van der Waals surface area contributed by atoms with E-state index in [2.05, 4.69) is 0 Å². The normalized spacial score (nSPS) is 11.7. The highest BCUT2D eigenvalue weighted by atomic mass is 28.2. The summed E-state index contributed by atoms with van der Waals surface area (Å²) in [4.78, 5) is 10.2. The van der Waals surface area contributed by atoms with Gasteiger partial charge in [-0.05, 0) is 5.56 Å². The molecule has 1 nitrogen and oxygen atoms in total. The Morgan fingerprint density at radius 2 is 1.90 bits per heavy atom. The monoisotopic (exact) mass is 149 g/mol. The van der Waals surface area contributed by atoms with Gasteiger partial charge in [0.2, 0.25) is 9.76 Å². The molecule has 10 heavy (non-hydrogen) atoms. The van der Waals surface area contributed by atoms with E-state index in [4.69, 9.17) is 0 Å². The summed E-state index contributed by atoms with van der Waals surface area (Å²) in [6.07, 6.45) is 1.89. The van der Waals surface area contributed by atoms with Gasteiger partial charge in [0.25, 0.3) is 0 Å². The zero-order valence-electron chi connectivity index (χ0n) is 5.66. The molecule has 1 radical (unpaired) electrons. The second kappa shape index (κ2) is 4.03. The van der Waals surface area contributed by atoms with Crippen LogP contribution in [-0.4, -0.2) is 9.76 Å². The van der Waals surface area contributed by atoms with E-state index in [1.165, 1.54) is 0 Å². The highest BCUT2D eigenvalue weighted by Crippen LogP contribution is 1.99. The molecule has 0 saturated heterocycles. The van der Waals surface area contributed by atoms with Gasteiger partial charge in [-0.2, -0.15) is 0 Å². The van der Waals surface area contributed by atoms with Gasteiger partial charge in [0, 0.05) is 0 Å². The molecule has 0 N–H and O–H groups in total. The molecule has 0 aliphatic carbocycles. The predicted octanol–water partition coefficient (Wildman–Crippen LogP) is 1.17. The molecule has 0 atom stereocenters. The lowest BCUT2D eigenvalue weighted by Gasteiger charge is -1.87. The van der Waals surface area contributed by atoms with Crippen molar-refractivity contribution in [1.29, 1.82) is 0 Å². The van der Waals surface area contributed by atoms with Gasteiger partial charge in [-0.25, -0.2) is 0 Å². The van der Waals surface area contributed by atoms with Gasteiger partial charge in [-0.15, -0.1) is 0 Å². The standard InChI is InChI=1S/C8H9OSi/c9-10-7-6-8-4-2-1-3-5-8/h1-7H,10H2. The lowest BCUT2D eigenvalue weighted by atomic mass is 10.2. The smallest absolute Gasteiger partial charge is 0.230 e. The molecule has 0 heterocycles. The first-order chi connectivity index (χ1) is 4.93. The Morgan fingerprint density at radius 1 is 1.20 bits per heavy atom. The van der Waals surface area contributed by atoms with Crippen molar-refractivity contribution in [3.8, 4) is 0 Å². The molecule has 2 heteroatoms. The molecule has 0 bridgehead atoms. The van der Waals surface area contributed by atoms with E-state index in [9.17, 15) is 4.80 Å². The summed E-state index contributed by atoms with van der Waals surface area (Å²) in [5.41, 5.74) is 2.86. The molecule has 0 unspecified atom stereocenters. The summed E-state index contributed by atoms with van der Waals surface area (Å²) >= 11 is 0. The van der Waals surface area contributed by atoms with Crippen LogP contribution in [0.3, 0.4) is 0 Å². The summed E-state index contributed by atoms with van der Waals surface area (Å²) in [7, 11) is -1.16. The van der Waals surface area contributed by atoms with E-state index in [1.807, 2.05) is 36.4 Å². The van der Waals surface area contributed by atoms with Crippen molar-refractivity contribution in [3.05, 3.63) is 41.6 Å². The topological polar surface area (TPSA) is 19.9 Å². The lowest BCUT2D eigenvalue weighted by molar-refractivity contribution is 0.484. The molecule has 0 aliphatic rings. The largest absolute Gasteiger partial charge is 0.301 e. The minimum atomic E-state index is -1.16. The number of hydrogen-bond donors (Lipinski definition) is 0. The van der Waals surface area contributed by atoms with Gasteiger partial charge < -0.3 is 4.80 Å². The Hall–Kier alpha value is -0.863. The van der Waals surface area contributed by atoms with Crippen LogP contribution < -0.4 is 0 Å². The highest BCUT2D eigenvalue weighted by molar-refractivity contribution is 6.33. The van der Waals surface area contributed by atoms with Gasteiger partial charge in [0.15, 0.2) is 0 Å². The van der Waals surface area contributed by atoms with Crippen molar-refractivity contribution in [2.45, 2.75) is 0 Å². The second-order valence-corrected chi connectivity index (χ2v) is 2.78. The fraction of sp³-hybridized carbons (Fsp3) is 0. The van der Waals surface area contributed by atoms with E-state index < -0.39 is 9.76 Å². The van der Waals surface area contributed by atoms with Crippen molar-refractivity contribution in [2.24, 2.45) is 0 Å². The quantitative estimate of drug-likeness (QED) is 0.563. The van der Waals surface area contributed by atoms with E-state index in [-0.39, 0.29) is 0 Å². The molecule has 1 rings (SSSR count). The summed E-state index contributed by atoms with van der Waals surface area (Å²) in [5.74, 6) is 0. The minimum Gasteiger partial charge on any atom is -0.301 e. The van der Waals surface area contributed by atoms with Gasteiger partial charge in [0.1, 0.15) is 0 Å². The highest BCUT2D eigenvalue weighted by Gasteiger charge is 1.80. The molecular weight excluding hydrogens is 140 g/mol. The summed E-state index contributed by atoms with van der Waals surface area (Å²) in [6.45, 7) is 0. The van der Waals surface area contributed by atoms with E-state index in [0.717, 1.165) is 5.56 Å². The average molecular weight is 149 g/mol. The Kier molecular flexibility index (Phi) is 2.92. The van der Waals surface area contributed by atoms with Crippen LogP contribution in [0.1, 0.15) is 5.56 Å². The van der Waals surface area contributed by atoms with E-state index in [1.54, 1.807) is 5.70 Å². The summed E-state index contributed by atoms with van der Waals surface area (Å²) in [6, 6.07) is 9.87. The van der Waals surface area contributed by atoms with Crippen molar-refractivity contribution >= 4 is 15.8 Å². The number of hydrogen-bond acceptors (Lipinski definition) is 0. The lowest BCUT2D eigenvalue weighted by Crippen LogP contribution is -1.74. The van der Waals surface area contributed by atoms with Crippen LogP contribution >= 0.6 is 0 Å². The van der Waals surface area contributed by atoms with Crippen LogP contribution in [0.25, 0.3) is 6.08 Å². The Morgan fingerprint density at radius 3 is 2.50 bits per heavy atom. The molecular formula is C8H9OSi. The van der Waals surface area contributed by atoms with Crippen LogP contribution in [0.5, 0.6) is 0 Å². The van der Waals surface area contributed by atoms with Crippen molar-refractivity contribution in [1.82, 2.24) is 0 Å². The maximum atomic E-state index is 10.2. The van der Waals surface area contributed by atoms with Crippen LogP contribution in [0.4, 0.5) is 0 Å². The Balaban J connectivity index is 2.67. The molecule has 0 fully saturated rings.